The maximum absolute atomic E-state index is 13.4. The second kappa shape index (κ2) is 4.38. The van der Waals surface area contributed by atoms with E-state index in [9.17, 15) is 4.39 Å². The van der Waals surface area contributed by atoms with E-state index in [4.69, 9.17) is 11.5 Å². The predicted octanol–water partition coefficient (Wildman–Crippen LogP) is 1.62. The molecule has 0 amide bonds. The third-order valence-electron chi connectivity index (χ3n) is 3.25. The summed E-state index contributed by atoms with van der Waals surface area (Å²) in [6, 6.07) is 4.69. The lowest BCUT2D eigenvalue weighted by molar-refractivity contribution is 0.629. The lowest BCUT2D eigenvalue weighted by Gasteiger charge is -2.13. The Balaban J connectivity index is 2.22. The quantitative estimate of drug-likeness (QED) is 0.412. The molecule has 3 rings (SSSR count). The molecule has 0 saturated heterocycles. The highest BCUT2D eigenvalue weighted by molar-refractivity contribution is 6.12. The number of fused-ring (bicyclic) bond motifs is 3. The number of H-pyrrole nitrogens is 1. The van der Waals surface area contributed by atoms with Gasteiger partial charge in [-0.2, -0.15) is 5.10 Å². The van der Waals surface area contributed by atoms with Crippen molar-refractivity contribution < 1.29 is 4.39 Å². The molecule has 0 radical (unpaired) electrons. The van der Waals surface area contributed by atoms with Gasteiger partial charge in [0.15, 0.2) is 0 Å². The van der Waals surface area contributed by atoms with Gasteiger partial charge in [-0.15, -0.1) is 5.10 Å². The van der Waals surface area contributed by atoms with E-state index in [0.717, 1.165) is 47.1 Å². The number of aromatic nitrogens is 1. The molecule has 0 fully saturated rings. The van der Waals surface area contributed by atoms with Crippen molar-refractivity contribution in [3.63, 3.8) is 0 Å². The first kappa shape index (κ1) is 11.7. The first-order chi connectivity index (χ1) is 9.15. The van der Waals surface area contributed by atoms with Crippen molar-refractivity contribution in [2.75, 3.05) is 0 Å². The van der Waals surface area contributed by atoms with E-state index in [0.29, 0.717) is 0 Å². The summed E-state index contributed by atoms with van der Waals surface area (Å²) in [5, 5.41) is 8.63. The number of guanidine groups is 1. The van der Waals surface area contributed by atoms with E-state index < -0.39 is 0 Å². The normalized spacial score (nSPS) is 16.6. The molecule has 0 spiro atoms. The van der Waals surface area contributed by atoms with Gasteiger partial charge in [0.1, 0.15) is 5.82 Å². The molecule has 5 nitrogen and oxygen atoms in total. The molecular formula is C13H14FN5. The van der Waals surface area contributed by atoms with Crippen LogP contribution in [0.15, 0.2) is 28.4 Å². The van der Waals surface area contributed by atoms with Crippen molar-refractivity contribution in [1.82, 2.24) is 4.98 Å². The number of aromatic amines is 1. The van der Waals surface area contributed by atoms with Gasteiger partial charge in [0, 0.05) is 22.2 Å². The van der Waals surface area contributed by atoms with Gasteiger partial charge >= 0.3 is 0 Å². The molecule has 5 N–H and O–H groups in total. The number of aryl methyl sites for hydroxylation is 1. The van der Waals surface area contributed by atoms with Crippen LogP contribution in [0, 0.1) is 5.82 Å². The van der Waals surface area contributed by atoms with Crippen molar-refractivity contribution >= 4 is 22.6 Å². The molecule has 0 unspecified atom stereocenters. The van der Waals surface area contributed by atoms with Gasteiger partial charge in [-0.05, 0) is 37.5 Å². The third kappa shape index (κ3) is 2.05. The summed E-state index contributed by atoms with van der Waals surface area (Å²) in [5.41, 5.74) is 14.3. The minimum atomic E-state index is -0.263. The molecule has 98 valence electrons. The van der Waals surface area contributed by atoms with Crippen molar-refractivity contribution in [3.8, 4) is 0 Å². The van der Waals surface area contributed by atoms with Gasteiger partial charge in [-0.3, -0.25) is 0 Å². The average Bonchev–Trinajstić information content (AvgIpc) is 2.74. The van der Waals surface area contributed by atoms with Gasteiger partial charge < -0.3 is 16.5 Å². The second-order valence-electron chi connectivity index (χ2n) is 4.59. The fourth-order valence-corrected chi connectivity index (χ4v) is 2.51. The summed E-state index contributed by atoms with van der Waals surface area (Å²) in [6.07, 6.45) is 2.68. The van der Waals surface area contributed by atoms with Gasteiger partial charge in [-0.1, -0.05) is 0 Å². The van der Waals surface area contributed by atoms with Crippen molar-refractivity contribution in [3.05, 3.63) is 35.3 Å². The molecule has 6 heteroatoms. The first-order valence-electron chi connectivity index (χ1n) is 6.11. The van der Waals surface area contributed by atoms with Gasteiger partial charge in [0.2, 0.25) is 5.96 Å². The van der Waals surface area contributed by atoms with Gasteiger partial charge in [-0.25, -0.2) is 4.39 Å². The van der Waals surface area contributed by atoms with E-state index >= 15 is 0 Å². The largest absolute Gasteiger partial charge is 0.369 e. The molecule has 1 aromatic heterocycles. The fraction of sp³-hybridized carbons (Fsp3) is 0.231. The van der Waals surface area contributed by atoms with Gasteiger partial charge in [0.05, 0.1) is 5.71 Å². The number of rotatable bonds is 1. The van der Waals surface area contributed by atoms with Crippen molar-refractivity contribution in [2.24, 2.45) is 21.7 Å². The van der Waals surface area contributed by atoms with Crippen LogP contribution in [-0.4, -0.2) is 16.7 Å². The standard InChI is InChI=1S/C13H14FN5/c14-7-4-5-9-8(6-7)12-10(17-9)2-1-3-11(12)18-19-13(15)16/h4-6,17H,1-3H2,(H4,15,16,19)/b18-11-. The third-order valence-corrected chi connectivity index (χ3v) is 3.25. The summed E-state index contributed by atoms with van der Waals surface area (Å²) in [4.78, 5) is 3.30. The molecule has 0 atom stereocenters. The first-order valence-corrected chi connectivity index (χ1v) is 6.11. The zero-order valence-corrected chi connectivity index (χ0v) is 10.3. The fourth-order valence-electron chi connectivity index (χ4n) is 2.51. The number of nitrogens with two attached hydrogens (primary N) is 2. The number of nitrogens with one attached hydrogen (secondary N) is 1. The van der Waals surface area contributed by atoms with Gasteiger partial charge in [0.25, 0.3) is 0 Å². The highest BCUT2D eigenvalue weighted by Crippen LogP contribution is 2.30. The molecule has 2 aromatic rings. The Kier molecular flexibility index (Phi) is 2.70. The molecular weight excluding hydrogens is 245 g/mol. The summed E-state index contributed by atoms with van der Waals surface area (Å²) < 4.78 is 13.4. The topological polar surface area (TPSA) is 92.6 Å². The van der Waals surface area contributed by atoms with E-state index in [-0.39, 0.29) is 11.8 Å². The number of benzene rings is 1. The number of halogens is 1. The Morgan fingerprint density at radius 2 is 2.11 bits per heavy atom. The Morgan fingerprint density at radius 3 is 2.89 bits per heavy atom. The SMILES string of the molecule is NC(N)=N/N=C1/CCCc2[nH]c3ccc(F)cc3c21. The van der Waals surface area contributed by atoms with E-state index in [1.807, 2.05) is 0 Å². The number of nitrogens with zero attached hydrogens (tertiary/aromatic N) is 2. The second-order valence-corrected chi connectivity index (χ2v) is 4.59. The Morgan fingerprint density at radius 1 is 1.26 bits per heavy atom. The maximum Gasteiger partial charge on any atom is 0.211 e. The minimum absolute atomic E-state index is 0.0781. The molecule has 1 aliphatic rings. The van der Waals surface area contributed by atoms with Crippen molar-refractivity contribution in [2.45, 2.75) is 19.3 Å². The van der Waals surface area contributed by atoms with E-state index in [1.54, 1.807) is 6.07 Å². The molecule has 0 aliphatic heterocycles. The smallest absolute Gasteiger partial charge is 0.211 e. The highest BCUT2D eigenvalue weighted by Gasteiger charge is 2.21. The molecule has 1 heterocycles. The average molecular weight is 259 g/mol. The summed E-state index contributed by atoms with van der Waals surface area (Å²) in [6.45, 7) is 0. The van der Waals surface area contributed by atoms with Crippen LogP contribution in [-0.2, 0) is 6.42 Å². The van der Waals surface area contributed by atoms with Crippen LogP contribution in [0.1, 0.15) is 24.1 Å². The molecule has 0 bridgehead atoms. The maximum atomic E-state index is 13.4. The number of hydrogen-bond donors (Lipinski definition) is 3. The highest BCUT2D eigenvalue weighted by atomic mass is 19.1. The van der Waals surface area contributed by atoms with Crippen LogP contribution in [0.5, 0.6) is 0 Å². The molecule has 1 aromatic carbocycles. The van der Waals surface area contributed by atoms with E-state index in [1.165, 1.54) is 12.1 Å². The van der Waals surface area contributed by atoms with Crippen molar-refractivity contribution in [1.29, 1.82) is 0 Å². The molecule has 1 aliphatic carbocycles. The van der Waals surface area contributed by atoms with Crippen LogP contribution in [0.25, 0.3) is 10.9 Å². The molecule has 0 saturated carbocycles. The van der Waals surface area contributed by atoms with E-state index in [2.05, 4.69) is 15.2 Å². The number of hydrogen-bond acceptors (Lipinski definition) is 2. The molecule has 19 heavy (non-hydrogen) atoms. The van der Waals surface area contributed by atoms with Crippen LogP contribution in [0.4, 0.5) is 4.39 Å². The lowest BCUT2D eigenvalue weighted by atomic mass is 9.93. The van der Waals surface area contributed by atoms with Crippen LogP contribution >= 0.6 is 0 Å². The zero-order valence-electron chi connectivity index (χ0n) is 10.3. The summed E-state index contributed by atoms with van der Waals surface area (Å²) in [5.74, 6) is -0.341. The lowest BCUT2D eigenvalue weighted by Crippen LogP contribution is -2.22. The Bertz CT molecular complexity index is 694. The van der Waals surface area contributed by atoms with Crippen LogP contribution in [0.2, 0.25) is 0 Å². The monoisotopic (exact) mass is 259 g/mol. The Labute approximate surface area is 109 Å². The Hall–Kier alpha value is -2.37. The van der Waals surface area contributed by atoms with Crippen LogP contribution in [0.3, 0.4) is 0 Å². The minimum Gasteiger partial charge on any atom is -0.369 e. The summed E-state index contributed by atoms with van der Waals surface area (Å²) >= 11 is 0. The summed E-state index contributed by atoms with van der Waals surface area (Å²) in [7, 11) is 0. The van der Waals surface area contributed by atoms with Crippen LogP contribution < -0.4 is 11.5 Å². The zero-order chi connectivity index (χ0) is 13.4. The predicted molar refractivity (Wildman–Crippen MR) is 73.5 cm³/mol.